The zero-order valence-electron chi connectivity index (χ0n) is 19.5. The van der Waals surface area contributed by atoms with Gasteiger partial charge in [-0.15, -0.1) is 16.9 Å². The van der Waals surface area contributed by atoms with Crippen molar-refractivity contribution in [2.75, 3.05) is 18.4 Å². The molecule has 3 aromatic rings. The quantitative estimate of drug-likeness (QED) is 0.411. The molecule has 1 N–H and O–H groups in total. The van der Waals surface area contributed by atoms with E-state index < -0.39 is 15.9 Å². The third kappa shape index (κ3) is 6.63. The Morgan fingerprint density at radius 1 is 1.17 bits per heavy atom. The van der Waals surface area contributed by atoms with Crippen molar-refractivity contribution in [2.45, 2.75) is 48.2 Å². The van der Waals surface area contributed by atoms with Crippen molar-refractivity contribution in [3.63, 3.8) is 0 Å². The number of thioether (sulfide) groups is 1. The Morgan fingerprint density at radius 2 is 1.89 bits per heavy atom. The predicted octanol–water partition coefficient (Wildman–Crippen LogP) is 4.85. The van der Waals surface area contributed by atoms with Gasteiger partial charge in [0.05, 0.1) is 17.2 Å². The Balaban J connectivity index is 1.35. The van der Waals surface area contributed by atoms with Crippen molar-refractivity contribution >= 4 is 45.3 Å². The predicted molar refractivity (Wildman–Crippen MR) is 136 cm³/mol. The number of nitrogens with one attached hydrogen (secondary N) is 1. The number of amides is 1. The fraction of sp³-hybridized carbons (Fsp3) is 0.375. The topological polar surface area (TPSA) is 105 Å². The largest absolute Gasteiger partial charge is 0.407 e. The minimum Gasteiger partial charge on any atom is -0.407 e. The van der Waals surface area contributed by atoms with Crippen molar-refractivity contribution in [3.05, 3.63) is 65.0 Å². The lowest BCUT2D eigenvalue weighted by atomic mass is 9.99. The van der Waals surface area contributed by atoms with Gasteiger partial charge in [-0.1, -0.05) is 42.7 Å². The SMILES string of the molecule is CC(C)Sc1ccc(Cc2nnc(NC(=O)C3CCCN(S(=O)(=O)c4ccc(Cl)cc4)C3)o2)cc1. The van der Waals surface area contributed by atoms with Gasteiger partial charge in [-0.3, -0.25) is 10.1 Å². The van der Waals surface area contributed by atoms with Crippen LogP contribution in [0.25, 0.3) is 0 Å². The van der Waals surface area contributed by atoms with Crippen LogP contribution in [0.1, 0.15) is 38.1 Å². The molecule has 1 aliphatic rings. The van der Waals surface area contributed by atoms with Gasteiger partial charge in [0.25, 0.3) is 0 Å². The minimum atomic E-state index is -3.72. The molecule has 1 saturated heterocycles. The average molecular weight is 535 g/mol. The molecule has 8 nitrogen and oxygen atoms in total. The van der Waals surface area contributed by atoms with Gasteiger partial charge in [-0.2, -0.15) is 4.31 Å². The van der Waals surface area contributed by atoms with E-state index in [0.717, 1.165) is 5.56 Å². The lowest BCUT2D eigenvalue weighted by molar-refractivity contribution is -0.121. The lowest BCUT2D eigenvalue weighted by Crippen LogP contribution is -2.43. The first-order valence-corrected chi connectivity index (χ1v) is 14.0. The van der Waals surface area contributed by atoms with Crippen LogP contribution in [0.3, 0.4) is 0 Å². The highest BCUT2D eigenvalue weighted by molar-refractivity contribution is 7.99. The fourth-order valence-electron chi connectivity index (χ4n) is 3.85. The van der Waals surface area contributed by atoms with Crippen LogP contribution in [0, 0.1) is 5.92 Å². The molecule has 4 rings (SSSR count). The molecular weight excluding hydrogens is 508 g/mol. The first-order chi connectivity index (χ1) is 16.7. The summed E-state index contributed by atoms with van der Waals surface area (Å²) in [7, 11) is -3.72. The van der Waals surface area contributed by atoms with E-state index in [1.54, 1.807) is 11.8 Å². The standard InChI is InChI=1S/C24H27ClN4O4S2/c1-16(2)34-20-9-5-17(6-10-20)14-22-27-28-24(33-22)26-23(30)18-4-3-13-29(15-18)35(31,32)21-11-7-19(25)8-12-21/h5-12,16,18H,3-4,13-15H2,1-2H3,(H,26,28,30). The molecule has 0 spiro atoms. The zero-order chi connectivity index (χ0) is 25.0. The molecule has 0 saturated carbocycles. The molecule has 1 aromatic heterocycles. The summed E-state index contributed by atoms with van der Waals surface area (Å²) in [6, 6.07) is 14.2. The maximum Gasteiger partial charge on any atom is 0.322 e. The Bertz CT molecular complexity index is 1260. The van der Waals surface area contributed by atoms with Crippen LogP contribution in [0.4, 0.5) is 6.01 Å². The normalized spacial score (nSPS) is 17.0. The van der Waals surface area contributed by atoms with Gasteiger partial charge in [0.15, 0.2) is 0 Å². The third-order valence-electron chi connectivity index (χ3n) is 5.55. The number of carbonyl (C=O) groups is 1. The Morgan fingerprint density at radius 3 is 2.57 bits per heavy atom. The summed E-state index contributed by atoms with van der Waals surface area (Å²) in [6.45, 7) is 4.74. The number of hydrogen-bond donors (Lipinski definition) is 1. The highest BCUT2D eigenvalue weighted by atomic mass is 35.5. The van der Waals surface area contributed by atoms with E-state index in [-0.39, 0.29) is 23.4 Å². The van der Waals surface area contributed by atoms with Crippen molar-refractivity contribution < 1.29 is 17.6 Å². The monoisotopic (exact) mass is 534 g/mol. The molecule has 1 fully saturated rings. The molecule has 1 unspecified atom stereocenters. The van der Waals surface area contributed by atoms with Gasteiger partial charge < -0.3 is 4.42 Å². The third-order valence-corrected chi connectivity index (χ3v) is 8.70. The first kappa shape index (κ1) is 25.7. The summed E-state index contributed by atoms with van der Waals surface area (Å²) < 4.78 is 32.9. The van der Waals surface area contributed by atoms with Crippen molar-refractivity contribution in [2.24, 2.45) is 5.92 Å². The molecule has 2 heterocycles. The van der Waals surface area contributed by atoms with Gasteiger partial charge in [-0.25, -0.2) is 8.42 Å². The van der Waals surface area contributed by atoms with Crippen LogP contribution in [-0.4, -0.2) is 47.2 Å². The summed E-state index contributed by atoms with van der Waals surface area (Å²) in [5.74, 6) is -0.474. The molecule has 0 bridgehead atoms. The molecule has 0 radical (unpaired) electrons. The van der Waals surface area contributed by atoms with E-state index in [1.165, 1.54) is 33.5 Å². The van der Waals surface area contributed by atoms with E-state index in [0.29, 0.717) is 42.0 Å². The van der Waals surface area contributed by atoms with Gasteiger partial charge >= 0.3 is 6.01 Å². The number of rotatable bonds is 8. The second-order valence-corrected chi connectivity index (χ2v) is 12.7. The molecular formula is C24H27ClN4O4S2. The van der Waals surface area contributed by atoms with Crippen LogP contribution in [0.5, 0.6) is 0 Å². The number of anilines is 1. The van der Waals surface area contributed by atoms with E-state index in [4.69, 9.17) is 16.0 Å². The second kappa shape index (κ2) is 11.1. The van der Waals surface area contributed by atoms with Gasteiger partial charge in [-0.05, 0) is 54.8 Å². The number of sulfonamides is 1. The maximum absolute atomic E-state index is 13.0. The number of carbonyl (C=O) groups excluding carboxylic acids is 1. The van der Waals surface area contributed by atoms with Crippen LogP contribution < -0.4 is 5.32 Å². The summed E-state index contributed by atoms with van der Waals surface area (Å²) >= 11 is 7.67. The Kier molecular flexibility index (Phi) is 8.16. The summed E-state index contributed by atoms with van der Waals surface area (Å²) in [6.07, 6.45) is 1.59. The highest BCUT2D eigenvalue weighted by Crippen LogP contribution is 2.26. The van der Waals surface area contributed by atoms with E-state index in [2.05, 4.69) is 41.5 Å². The first-order valence-electron chi connectivity index (χ1n) is 11.4. The maximum atomic E-state index is 13.0. The molecule has 186 valence electrons. The van der Waals surface area contributed by atoms with E-state index in [9.17, 15) is 13.2 Å². The van der Waals surface area contributed by atoms with Gasteiger partial charge in [0.2, 0.25) is 21.8 Å². The lowest BCUT2D eigenvalue weighted by Gasteiger charge is -2.30. The van der Waals surface area contributed by atoms with Crippen LogP contribution in [0.15, 0.2) is 62.7 Å². The summed E-state index contributed by atoms with van der Waals surface area (Å²) in [4.78, 5) is 14.2. The van der Waals surface area contributed by atoms with Gasteiger partial charge in [0.1, 0.15) is 0 Å². The van der Waals surface area contributed by atoms with Crippen LogP contribution in [0.2, 0.25) is 5.02 Å². The molecule has 1 atom stereocenters. The Hall–Kier alpha value is -2.40. The van der Waals surface area contributed by atoms with Crippen molar-refractivity contribution in [1.82, 2.24) is 14.5 Å². The van der Waals surface area contributed by atoms with Crippen LogP contribution in [-0.2, 0) is 21.2 Å². The minimum absolute atomic E-state index is 0.00895. The van der Waals surface area contributed by atoms with E-state index in [1.807, 2.05) is 12.1 Å². The average Bonchev–Trinajstić information content (AvgIpc) is 3.27. The zero-order valence-corrected chi connectivity index (χ0v) is 21.9. The molecule has 11 heteroatoms. The molecule has 1 amide bonds. The van der Waals surface area contributed by atoms with Gasteiger partial charge in [0, 0.05) is 28.3 Å². The molecule has 0 aliphatic carbocycles. The van der Waals surface area contributed by atoms with Crippen molar-refractivity contribution in [3.8, 4) is 0 Å². The molecule has 2 aromatic carbocycles. The smallest absolute Gasteiger partial charge is 0.322 e. The fourth-order valence-corrected chi connectivity index (χ4v) is 6.33. The van der Waals surface area contributed by atoms with Crippen molar-refractivity contribution in [1.29, 1.82) is 0 Å². The second-order valence-electron chi connectivity index (χ2n) is 8.63. The Labute approximate surface area is 214 Å². The summed E-state index contributed by atoms with van der Waals surface area (Å²) in [5, 5.41) is 11.6. The number of hydrogen-bond acceptors (Lipinski definition) is 7. The van der Waals surface area contributed by atoms with Crippen LogP contribution >= 0.6 is 23.4 Å². The number of aromatic nitrogens is 2. The molecule has 35 heavy (non-hydrogen) atoms. The van der Waals surface area contributed by atoms with E-state index >= 15 is 0 Å². The number of benzene rings is 2. The molecule has 1 aliphatic heterocycles. The number of nitrogens with zero attached hydrogens (tertiary/aromatic N) is 3. The summed E-state index contributed by atoms with van der Waals surface area (Å²) in [5.41, 5.74) is 1.02. The highest BCUT2D eigenvalue weighted by Gasteiger charge is 2.33. The number of piperidine rings is 1. The number of halogens is 1.